The fourth-order valence-electron chi connectivity index (χ4n) is 3.14. The van der Waals surface area contributed by atoms with Crippen LogP contribution in [0.15, 0.2) is 0 Å². The Hall–Kier alpha value is -1.54. The van der Waals surface area contributed by atoms with Crippen LogP contribution in [-0.4, -0.2) is 27.0 Å². The Kier molecular flexibility index (Phi) is 3.81. The maximum Gasteiger partial charge on any atom is 0.142 e. The minimum atomic E-state index is -0.316. The fourth-order valence-corrected chi connectivity index (χ4v) is 3.14. The Bertz CT molecular complexity index is 502. The number of aromatic nitrogens is 2. The minimum absolute atomic E-state index is 0.0897. The SMILES string of the molecule is Cc1nn(C)c(NC2(CO)CCCC(C)C2)c1C#N. The first-order chi connectivity index (χ1) is 9.01. The van der Waals surface area contributed by atoms with Gasteiger partial charge in [-0.2, -0.15) is 10.4 Å². The standard InChI is InChI=1S/C14H22N4O/c1-10-5-4-6-14(7-10,9-19)16-13-12(8-15)11(2)17-18(13)3/h10,16,19H,4-7,9H2,1-3H3. The van der Waals surface area contributed by atoms with Crippen LogP contribution in [0.25, 0.3) is 0 Å². The largest absolute Gasteiger partial charge is 0.394 e. The van der Waals surface area contributed by atoms with Gasteiger partial charge in [0.25, 0.3) is 0 Å². The van der Waals surface area contributed by atoms with Crippen LogP contribution >= 0.6 is 0 Å². The molecule has 0 amide bonds. The number of nitrogens with one attached hydrogen (secondary N) is 1. The molecule has 1 aliphatic carbocycles. The van der Waals surface area contributed by atoms with E-state index in [-0.39, 0.29) is 12.1 Å². The van der Waals surface area contributed by atoms with Crippen molar-refractivity contribution in [3.8, 4) is 6.07 Å². The van der Waals surface area contributed by atoms with Crippen LogP contribution in [0.1, 0.15) is 43.9 Å². The second-order valence-electron chi connectivity index (χ2n) is 5.81. The second kappa shape index (κ2) is 5.22. The molecular weight excluding hydrogens is 240 g/mol. The van der Waals surface area contributed by atoms with E-state index in [0.29, 0.717) is 11.5 Å². The van der Waals surface area contributed by atoms with Gasteiger partial charge in [0, 0.05) is 7.05 Å². The van der Waals surface area contributed by atoms with Crippen molar-refractivity contribution in [2.45, 2.75) is 45.1 Å². The molecule has 1 aliphatic rings. The number of rotatable bonds is 3. The molecule has 0 saturated heterocycles. The third kappa shape index (κ3) is 2.59. The summed E-state index contributed by atoms with van der Waals surface area (Å²) in [5.74, 6) is 1.32. The van der Waals surface area contributed by atoms with Crippen LogP contribution in [0.3, 0.4) is 0 Å². The van der Waals surface area contributed by atoms with E-state index in [0.717, 1.165) is 30.8 Å². The maximum atomic E-state index is 9.81. The van der Waals surface area contributed by atoms with Crippen molar-refractivity contribution >= 4 is 5.82 Å². The van der Waals surface area contributed by atoms with Gasteiger partial charge in [0.2, 0.25) is 0 Å². The number of aliphatic hydroxyl groups excluding tert-OH is 1. The molecule has 1 fully saturated rings. The summed E-state index contributed by atoms with van der Waals surface area (Å²) in [5, 5.41) is 26.7. The third-order valence-electron chi connectivity index (χ3n) is 4.11. The number of nitriles is 1. The van der Waals surface area contributed by atoms with Crippen molar-refractivity contribution in [1.82, 2.24) is 9.78 Å². The predicted octanol–water partition coefficient (Wildman–Crippen LogP) is 1.95. The summed E-state index contributed by atoms with van der Waals surface area (Å²) in [6.45, 7) is 4.14. The lowest BCUT2D eigenvalue weighted by Gasteiger charge is -2.40. The van der Waals surface area contributed by atoms with Gasteiger partial charge in [-0.25, -0.2) is 0 Å². The van der Waals surface area contributed by atoms with E-state index in [9.17, 15) is 10.4 Å². The summed E-state index contributed by atoms with van der Waals surface area (Å²) in [6, 6.07) is 2.20. The lowest BCUT2D eigenvalue weighted by Crippen LogP contribution is -2.46. The average Bonchev–Trinajstić information content (AvgIpc) is 2.63. The first kappa shape index (κ1) is 13.9. The van der Waals surface area contributed by atoms with Gasteiger partial charge in [-0.15, -0.1) is 0 Å². The number of hydrogen-bond acceptors (Lipinski definition) is 4. The summed E-state index contributed by atoms with van der Waals surface area (Å²) in [4.78, 5) is 0. The van der Waals surface area contributed by atoms with Gasteiger partial charge >= 0.3 is 0 Å². The summed E-state index contributed by atoms with van der Waals surface area (Å²) in [7, 11) is 1.83. The number of aliphatic hydroxyl groups is 1. The molecule has 0 spiro atoms. The van der Waals surface area contributed by atoms with Gasteiger partial charge in [-0.3, -0.25) is 4.68 Å². The van der Waals surface area contributed by atoms with Crippen molar-refractivity contribution in [3.05, 3.63) is 11.3 Å². The normalized spacial score (nSPS) is 27.0. The average molecular weight is 262 g/mol. The summed E-state index contributed by atoms with van der Waals surface area (Å²) in [5.41, 5.74) is 0.988. The molecule has 1 saturated carbocycles. The summed E-state index contributed by atoms with van der Waals surface area (Å²) >= 11 is 0. The number of aryl methyl sites for hydroxylation is 2. The molecule has 2 unspecified atom stereocenters. The van der Waals surface area contributed by atoms with E-state index >= 15 is 0 Å². The molecule has 19 heavy (non-hydrogen) atoms. The molecular formula is C14H22N4O. The molecule has 1 aromatic rings. The van der Waals surface area contributed by atoms with Crippen LogP contribution in [0, 0.1) is 24.2 Å². The van der Waals surface area contributed by atoms with E-state index in [1.165, 1.54) is 6.42 Å². The van der Waals surface area contributed by atoms with E-state index in [1.54, 1.807) is 4.68 Å². The highest BCUT2D eigenvalue weighted by Crippen LogP contribution is 2.35. The molecule has 1 heterocycles. The van der Waals surface area contributed by atoms with E-state index in [2.05, 4.69) is 23.4 Å². The van der Waals surface area contributed by atoms with Crippen molar-refractivity contribution in [1.29, 1.82) is 5.26 Å². The van der Waals surface area contributed by atoms with Gasteiger partial charge in [-0.1, -0.05) is 19.8 Å². The molecule has 0 radical (unpaired) electrons. The first-order valence-corrected chi connectivity index (χ1v) is 6.84. The highest BCUT2D eigenvalue weighted by atomic mass is 16.3. The molecule has 5 nitrogen and oxygen atoms in total. The summed E-state index contributed by atoms with van der Waals surface area (Å²) in [6.07, 6.45) is 4.17. The van der Waals surface area contributed by atoms with E-state index in [1.807, 2.05) is 14.0 Å². The molecule has 0 aromatic carbocycles. The Morgan fingerprint density at radius 2 is 2.37 bits per heavy atom. The zero-order chi connectivity index (χ0) is 14.0. The quantitative estimate of drug-likeness (QED) is 0.873. The number of hydrogen-bond donors (Lipinski definition) is 2. The van der Waals surface area contributed by atoms with Crippen molar-refractivity contribution in [3.63, 3.8) is 0 Å². The Labute approximate surface area is 114 Å². The smallest absolute Gasteiger partial charge is 0.142 e. The molecule has 1 aromatic heterocycles. The fraction of sp³-hybridized carbons (Fsp3) is 0.714. The minimum Gasteiger partial charge on any atom is -0.394 e. The molecule has 0 bridgehead atoms. The topological polar surface area (TPSA) is 73.9 Å². The zero-order valence-electron chi connectivity index (χ0n) is 11.9. The molecule has 2 atom stereocenters. The third-order valence-corrected chi connectivity index (χ3v) is 4.11. The lowest BCUT2D eigenvalue weighted by atomic mass is 9.77. The Morgan fingerprint density at radius 3 is 2.95 bits per heavy atom. The summed E-state index contributed by atoms with van der Waals surface area (Å²) < 4.78 is 1.70. The van der Waals surface area contributed by atoms with Gasteiger partial charge in [-0.05, 0) is 25.7 Å². The number of nitrogens with zero attached hydrogens (tertiary/aromatic N) is 3. The van der Waals surface area contributed by atoms with Gasteiger partial charge in [0.05, 0.1) is 17.8 Å². The molecule has 2 rings (SSSR count). The van der Waals surface area contributed by atoms with Gasteiger partial charge < -0.3 is 10.4 Å². The van der Waals surface area contributed by atoms with Crippen LogP contribution in [-0.2, 0) is 7.05 Å². The number of anilines is 1. The lowest BCUT2D eigenvalue weighted by molar-refractivity contribution is 0.149. The van der Waals surface area contributed by atoms with E-state index in [4.69, 9.17) is 0 Å². The Balaban J connectivity index is 2.31. The highest BCUT2D eigenvalue weighted by molar-refractivity contribution is 5.56. The van der Waals surface area contributed by atoms with Crippen molar-refractivity contribution in [2.24, 2.45) is 13.0 Å². The van der Waals surface area contributed by atoms with Crippen LogP contribution in [0.5, 0.6) is 0 Å². The van der Waals surface area contributed by atoms with Crippen LogP contribution in [0.4, 0.5) is 5.82 Å². The van der Waals surface area contributed by atoms with Gasteiger partial charge in [0.1, 0.15) is 17.5 Å². The molecule has 2 N–H and O–H groups in total. The van der Waals surface area contributed by atoms with Crippen molar-refractivity contribution in [2.75, 3.05) is 11.9 Å². The van der Waals surface area contributed by atoms with E-state index < -0.39 is 0 Å². The Morgan fingerprint density at radius 1 is 1.63 bits per heavy atom. The monoisotopic (exact) mass is 262 g/mol. The maximum absolute atomic E-state index is 9.81. The second-order valence-corrected chi connectivity index (χ2v) is 5.81. The molecule has 0 aliphatic heterocycles. The zero-order valence-corrected chi connectivity index (χ0v) is 11.9. The van der Waals surface area contributed by atoms with Crippen molar-refractivity contribution < 1.29 is 5.11 Å². The first-order valence-electron chi connectivity index (χ1n) is 6.84. The molecule has 104 valence electrons. The molecule has 5 heteroatoms. The van der Waals surface area contributed by atoms with Crippen LogP contribution < -0.4 is 5.32 Å². The van der Waals surface area contributed by atoms with Gasteiger partial charge in [0.15, 0.2) is 0 Å². The highest BCUT2D eigenvalue weighted by Gasteiger charge is 2.35. The predicted molar refractivity (Wildman–Crippen MR) is 73.7 cm³/mol. The van der Waals surface area contributed by atoms with Crippen LogP contribution in [0.2, 0.25) is 0 Å².